The molecule has 3 aromatic rings. The third-order valence-corrected chi connectivity index (χ3v) is 8.66. The van der Waals surface area contributed by atoms with E-state index in [1.165, 1.54) is 16.2 Å². The second-order valence-electron chi connectivity index (χ2n) is 8.40. The van der Waals surface area contributed by atoms with Gasteiger partial charge >= 0.3 is 0 Å². The van der Waals surface area contributed by atoms with Crippen molar-refractivity contribution in [3.05, 3.63) is 41.4 Å². The number of hydrogen-bond acceptors (Lipinski definition) is 8. The predicted molar refractivity (Wildman–Crippen MR) is 148 cm³/mol. The highest BCUT2D eigenvalue weighted by Gasteiger charge is 2.22. The van der Waals surface area contributed by atoms with Gasteiger partial charge in [-0.15, -0.1) is 11.8 Å². The molecule has 2 aromatic carbocycles. The summed E-state index contributed by atoms with van der Waals surface area (Å²) >= 11 is 9.64. The molecule has 1 saturated heterocycles. The number of nitrogens with zero attached hydrogens (tertiary/aromatic N) is 3. The summed E-state index contributed by atoms with van der Waals surface area (Å²) in [6, 6.07) is 11.6. The van der Waals surface area contributed by atoms with E-state index in [1.807, 2.05) is 41.3 Å². The van der Waals surface area contributed by atoms with E-state index in [1.54, 1.807) is 26.0 Å². The van der Waals surface area contributed by atoms with Crippen molar-refractivity contribution in [3.63, 3.8) is 0 Å². The Hall–Kier alpha value is -2.04. The zero-order chi connectivity index (χ0) is 25.3. The standard InChI is InChI=1S/C26H32ClN3O4S2/c1-32-19-6-8-20(9-7-19)35-18-3-5-23(31)30(13-4-12-29-14-16-34-17-15-29)26-28-24-22(33-2)11-10-21(27)25(24)36-26/h6-11H,3-5,12-18H2,1-2H3. The first-order chi connectivity index (χ1) is 17.6. The first kappa shape index (κ1) is 27.0. The molecule has 1 fully saturated rings. The average Bonchev–Trinajstić information content (AvgIpc) is 3.36. The summed E-state index contributed by atoms with van der Waals surface area (Å²) in [7, 11) is 3.28. The average molecular weight is 550 g/mol. The Morgan fingerprint density at radius 3 is 2.64 bits per heavy atom. The molecule has 1 aromatic heterocycles. The van der Waals surface area contributed by atoms with Crippen LogP contribution < -0.4 is 14.4 Å². The van der Waals surface area contributed by atoms with E-state index in [4.69, 9.17) is 30.8 Å². The van der Waals surface area contributed by atoms with Crippen LogP contribution in [0.25, 0.3) is 10.2 Å². The maximum Gasteiger partial charge on any atom is 0.228 e. The van der Waals surface area contributed by atoms with Crippen molar-refractivity contribution < 1.29 is 19.0 Å². The van der Waals surface area contributed by atoms with E-state index < -0.39 is 0 Å². The van der Waals surface area contributed by atoms with Crippen LogP contribution in [0.4, 0.5) is 5.13 Å². The first-order valence-corrected chi connectivity index (χ1v) is 14.3. The number of thiazole rings is 1. The van der Waals surface area contributed by atoms with Crippen LogP contribution in [-0.2, 0) is 9.53 Å². The van der Waals surface area contributed by atoms with Crippen molar-refractivity contribution in [1.82, 2.24) is 9.88 Å². The molecule has 0 unspecified atom stereocenters. The number of carbonyl (C=O) groups excluding carboxylic acids is 1. The fourth-order valence-electron chi connectivity index (χ4n) is 4.05. The summed E-state index contributed by atoms with van der Waals surface area (Å²) < 4.78 is 17.0. The van der Waals surface area contributed by atoms with Crippen LogP contribution in [0.3, 0.4) is 0 Å². The molecule has 10 heteroatoms. The fourth-order valence-corrected chi connectivity index (χ4v) is 6.20. The number of rotatable bonds is 12. The third kappa shape index (κ3) is 7.04. The van der Waals surface area contributed by atoms with Crippen LogP contribution in [0, 0.1) is 0 Å². The molecule has 4 rings (SSSR count). The Morgan fingerprint density at radius 1 is 1.14 bits per heavy atom. The Kier molecular flexibility index (Phi) is 10.1. The van der Waals surface area contributed by atoms with Gasteiger partial charge in [0.05, 0.1) is 37.2 Å². The van der Waals surface area contributed by atoms with Crippen molar-refractivity contribution in [1.29, 1.82) is 0 Å². The minimum Gasteiger partial charge on any atom is -0.497 e. The zero-order valence-corrected chi connectivity index (χ0v) is 23.1. The van der Waals surface area contributed by atoms with Crippen LogP contribution in [0.2, 0.25) is 5.02 Å². The summed E-state index contributed by atoms with van der Waals surface area (Å²) in [4.78, 5) is 23.6. The summed E-state index contributed by atoms with van der Waals surface area (Å²) in [5, 5.41) is 1.29. The summed E-state index contributed by atoms with van der Waals surface area (Å²) in [5.74, 6) is 2.45. The number of benzene rings is 2. The molecule has 194 valence electrons. The number of ether oxygens (including phenoxy) is 3. The molecule has 0 saturated carbocycles. The number of carbonyl (C=O) groups is 1. The van der Waals surface area contributed by atoms with E-state index in [2.05, 4.69) is 4.90 Å². The van der Waals surface area contributed by atoms with Gasteiger partial charge in [0.1, 0.15) is 17.0 Å². The van der Waals surface area contributed by atoms with E-state index in [9.17, 15) is 4.79 Å². The number of fused-ring (bicyclic) bond motifs is 1. The molecule has 36 heavy (non-hydrogen) atoms. The van der Waals surface area contributed by atoms with Gasteiger partial charge in [-0.25, -0.2) is 4.98 Å². The van der Waals surface area contributed by atoms with E-state index >= 15 is 0 Å². The number of hydrogen-bond donors (Lipinski definition) is 0. The minimum atomic E-state index is 0.0847. The number of aromatic nitrogens is 1. The maximum atomic E-state index is 13.4. The van der Waals surface area contributed by atoms with Crippen LogP contribution in [0.15, 0.2) is 41.3 Å². The molecular formula is C26H32ClN3O4S2. The second-order valence-corrected chi connectivity index (χ2v) is 11.0. The number of anilines is 1. The first-order valence-electron chi connectivity index (χ1n) is 12.1. The van der Waals surface area contributed by atoms with Crippen LogP contribution in [0.5, 0.6) is 11.5 Å². The lowest BCUT2D eigenvalue weighted by molar-refractivity contribution is -0.118. The molecule has 0 radical (unpaired) electrons. The highest BCUT2D eigenvalue weighted by Crippen LogP contribution is 2.39. The van der Waals surface area contributed by atoms with Gasteiger partial charge in [-0.1, -0.05) is 22.9 Å². The number of morpholine rings is 1. The number of thioether (sulfide) groups is 1. The van der Waals surface area contributed by atoms with Gasteiger partial charge in [0.15, 0.2) is 5.13 Å². The van der Waals surface area contributed by atoms with Gasteiger partial charge in [0.2, 0.25) is 5.91 Å². The molecule has 1 aliphatic heterocycles. The predicted octanol–water partition coefficient (Wildman–Crippen LogP) is 5.59. The van der Waals surface area contributed by atoms with Crippen molar-refractivity contribution in [2.24, 2.45) is 0 Å². The van der Waals surface area contributed by atoms with Gasteiger partial charge < -0.3 is 14.2 Å². The van der Waals surface area contributed by atoms with Crippen molar-refractivity contribution >= 4 is 56.0 Å². The molecule has 7 nitrogen and oxygen atoms in total. The molecule has 2 heterocycles. The highest BCUT2D eigenvalue weighted by atomic mass is 35.5. The van der Waals surface area contributed by atoms with E-state index in [0.717, 1.165) is 61.9 Å². The van der Waals surface area contributed by atoms with Gasteiger partial charge in [-0.2, -0.15) is 0 Å². The number of halogens is 1. The van der Waals surface area contributed by atoms with E-state index in [-0.39, 0.29) is 5.91 Å². The summed E-state index contributed by atoms with van der Waals surface area (Å²) in [6.07, 6.45) is 2.11. The third-order valence-electron chi connectivity index (χ3n) is 6.02. The normalized spacial score (nSPS) is 14.2. The molecule has 0 atom stereocenters. The SMILES string of the molecule is COc1ccc(SCCCC(=O)N(CCCN2CCOCC2)c2nc3c(OC)ccc(Cl)c3s2)cc1. The van der Waals surface area contributed by atoms with Gasteiger partial charge in [0, 0.05) is 37.5 Å². The number of amides is 1. The lowest BCUT2D eigenvalue weighted by Crippen LogP contribution is -2.39. The topological polar surface area (TPSA) is 64.1 Å². The molecule has 0 bridgehead atoms. The monoisotopic (exact) mass is 549 g/mol. The lowest BCUT2D eigenvalue weighted by Gasteiger charge is -2.27. The fraction of sp³-hybridized carbons (Fsp3) is 0.462. The Bertz CT molecular complexity index is 1140. The zero-order valence-electron chi connectivity index (χ0n) is 20.7. The molecule has 1 aliphatic rings. The molecule has 0 aliphatic carbocycles. The van der Waals surface area contributed by atoms with Crippen molar-refractivity contribution in [2.45, 2.75) is 24.2 Å². The molecule has 0 spiro atoms. The van der Waals surface area contributed by atoms with Crippen molar-refractivity contribution in [3.8, 4) is 11.5 Å². The summed E-state index contributed by atoms with van der Waals surface area (Å²) in [6.45, 7) is 4.95. The number of methoxy groups -OCH3 is 2. The lowest BCUT2D eigenvalue weighted by atomic mass is 10.2. The molecular weight excluding hydrogens is 518 g/mol. The van der Waals surface area contributed by atoms with Crippen LogP contribution in [-0.4, -0.2) is 75.2 Å². The highest BCUT2D eigenvalue weighted by molar-refractivity contribution is 7.99. The van der Waals surface area contributed by atoms with E-state index in [0.29, 0.717) is 34.4 Å². The smallest absolute Gasteiger partial charge is 0.228 e. The van der Waals surface area contributed by atoms with Crippen LogP contribution in [0.1, 0.15) is 19.3 Å². The Labute approximate surface area is 225 Å². The van der Waals surface area contributed by atoms with Gasteiger partial charge in [-0.3, -0.25) is 14.6 Å². The summed E-state index contributed by atoms with van der Waals surface area (Å²) in [5.41, 5.74) is 0.700. The van der Waals surface area contributed by atoms with Crippen molar-refractivity contribution in [2.75, 3.05) is 64.3 Å². The maximum absolute atomic E-state index is 13.4. The molecule has 0 N–H and O–H groups in total. The van der Waals surface area contributed by atoms with Gasteiger partial charge in [-0.05, 0) is 55.0 Å². The van der Waals surface area contributed by atoms with Crippen LogP contribution >= 0.6 is 34.7 Å². The molecule has 1 amide bonds. The van der Waals surface area contributed by atoms with Gasteiger partial charge in [0.25, 0.3) is 0 Å². The largest absolute Gasteiger partial charge is 0.497 e. The quantitative estimate of drug-likeness (QED) is 0.215. The second kappa shape index (κ2) is 13.5. The Balaban J connectivity index is 1.41. The minimum absolute atomic E-state index is 0.0847. The Morgan fingerprint density at radius 2 is 1.92 bits per heavy atom.